The third-order valence-corrected chi connectivity index (χ3v) is 4.08. The molecule has 25 heavy (non-hydrogen) atoms. The van der Waals surface area contributed by atoms with Crippen molar-refractivity contribution in [2.75, 3.05) is 0 Å². The van der Waals surface area contributed by atoms with Gasteiger partial charge in [-0.05, 0) is 30.7 Å². The maximum absolute atomic E-state index is 13.4. The molecule has 0 aliphatic rings. The zero-order valence-electron chi connectivity index (χ0n) is 13.5. The molecule has 3 N–H and O–H groups in total. The van der Waals surface area contributed by atoms with Gasteiger partial charge in [0.25, 0.3) is 5.91 Å². The second kappa shape index (κ2) is 6.76. The molecule has 128 valence electrons. The van der Waals surface area contributed by atoms with Gasteiger partial charge < -0.3 is 15.4 Å². The highest BCUT2D eigenvalue weighted by Crippen LogP contribution is 2.26. The van der Waals surface area contributed by atoms with Crippen molar-refractivity contribution in [3.63, 3.8) is 0 Å². The molecule has 0 spiro atoms. The van der Waals surface area contributed by atoms with Crippen molar-refractivity contribution in [2.24, 2.45) is 0 Å². The fourth-order valence-corrected chi connectivity index (χ4v) is 2.84. The van der Waals surface area contributed by atoms with E-state index in [1.54, 1.807) is 24.3 Å². The van der Waals surface area contributed by atoms with Crippen LogP contribution < -0.4 is 10.9 Å². The normalized spacial score (nSPS) is 12.1. The van der Waals surface area contributed by atoms with E-state index in [0.717, 1.165) is 0 Å². The SMILES string of the molecule is CCC(NC(=O)c1cc(=O)[nH]c2cc(F)ccc12)c1ccccc1O. The molecule has 2 aromatic carbocycles. The van der Waals surface area contributed by atoms with Crippen LogP contribution in [0.3, 0.4) is 0 Å². The lowest BCUT2D eigenvalue weighted by atomic mass is 10.0. The minimum atomic E-state index is -0.499. The smallest absolute Gasteiger partial charge is 0.252 e. The van der Waals surface area contributed by atoms with Crippen LogP contribution in [-0.4, -0.2) is 16.0 Å². The first-order valence-electron chi connectivity index (χ1n) is 7.91. The number of amides is 1. The Morgan fingerprint density at radius 3 is 2.72 bits per heavy atom. The standard InChI is InChI=1S/C19H17FN2O3/c1-2-15(13-5-3-4-6-17(13)23)22-19(25)14-10-18(24)21-16-9-11(20)7-8-12(14)16/h3-10,15,23H,2H2,1H3,(H,21,24)(H,22,25). The van der Waals surface area contributed by atoms with Crippen LogP contribution in [0.4, 0.5) is 4.39 Å². The molecule has 1 aromatic heterocycles. The van der Waals surface area contributed by atoms with Gasteiger partial charge in [0.15, 0.2) is 0 Å². The van der Waals surface area contributed by atoms with E-state index in [-0.39, 0.29) is 16.8 Å². The van der Waals surface area contributed by atoms with Crippen LogP contribution in [0.25, 0.3) is 10.9 Å². The molecule has 0 saturated heterocycles. The number of aromatic nitrogens is 1. The topological polar surface area (TPSA) is 82.2 Å². The van der Waals surface area contributed by atoms with Gasteiger partial charge in [-0.1, -0.05) is 25.1 Å². The summed E-state index contributed by atoms with van der Waals surface area (Å²) in [4.78, 5) is 27.0. The summed E-state index contributed by atoms with van der Waals surface area (Å²) in [5, 5.41) is 13.3. The number of pyridine rings is 1. The fraction of sp³-hybridized carbons (Fsp3) is 0.158. The number of nitrogens with one attached hydrogen (secondary N) is 2. The quantitative estimate of drug-likeness (QED) is 0.682. The van der Waals surface area contributed by atoms with Gasteiger partial charge in [-0.2, -0.15) is 0 Å². The van der Waals surface area contributed by atoms with E-state index < -0.39 is 23.3 Å². The largest absolute Gasteiger partial charge is 0.508 e. The summed E-state index contributed by atoms with van der Waals surface area (Å²) < 4.78 is 13.4. The molecule has 0 aliphatic carbocycles. The number of phenols is 1. The molecule has 1 amide bonds. The highest BCUT2D eigenvalue weighted by atomic mass is 19.1. The molecule has 1 heterocycles. The second-order valence-electron chi connectivity index (χ2n) is 5.73. The Morgan fingerprint density at radius 1 is 1.24 bits per heavy atom. The number of hydrogen-bond donors (Lipinski definition) is 3. The third-order valence-electron chi connectivity index (χ3n) is 4.08. The van der Waals surface area contributed by atoms with Gasteiger partial charge in [0, 0.05) is 17.0 Å². The number of aromatic amines is 1. The number of carbonyl (C=O) groups is 1. The van der Waals surface area contributed by atoms with Crippen molar-refractivity contribution in [1.29, 1.82) is 0 Å². The van der Waals surface area contributed by atoms with Crippen molar-refractivity contribution in [1.82, 2.24) is 10.3 Å². The molecule has 3 rings (SSSR count). The lowest BCUT2D eigenvalue weighted by Gasteiger charge is -2.19. The van der Waals surface area contributed by atoms with Crippen LogP contribution >= 0.6 is 0 Å². The summed E-state index contributed by atoms with van der Waals surface area (Å²) in [6, 6.07) is 11.4. The number of phenolic OH excluding ortho intramolecular Hbond substituents is 1. The van der Waals surface area contributed by atoms with Crippen molar-refractivity contribution in [2.45, 2.75) is 19.4 Å². The van der Waals surface area contributed by atoms with Gasteiger partial charge in [-0.3, -0.25) is 9.59 Å². The van der Waals surface area contributed by atoms with E-state index in [1.165, 1.54) is 24.3 Å². The second-order valence-corrected chi connectivity index (χ2v) is 5.73. The number of para-hydroxylation sites is 1. The van der Waals surface area contributed by atoms with Crippen LogP contribution in [0.1, 0.15) is 35.3 Å². The summed E-state index contributed by atoms with van der Waals surface area (Å²) in [7, 11) is 0. The summed E-state index contributed by atoms with van der Waals surface area (Å²) in [6.07, 6.45) is 0.555. The third kappa shape index (κ3) is 3.38. The number of rotatable bonds is 4. The highest BCUT2D eigenvalue weighted by molar-refractivity contribution is 6.06. The molecule has 0 bridgehead atoms. The van der Waals surface area contributed by atoms with Crippen LogP contribution in [-0.2, 0) is 0 Å². The van der Waals surface area contributed by atoms with Gasteiger partial charge >= 0.3 is 0 Å². The lowest BCUT2D eigenvalue weighted by molar-refractivity contribution is 0.0936. The fourth-order valence-electron chi connectivity index (χ4n) is 2.84. The van der Waals surface area contributed by atoms with Crippen LogP contribution in [0, 0.1) is 5.82 Å². The highest BCUT2D eigenvalue weighted by Gasteiger charge is 2.19. The van der Waals surface area contributed by atoms with E-state index in [2.05, 4.69) is 10.3 Å². The van der Waals surface area contributed by atoms with E-state index in [9.17, 15) is 19.1 Å². The first-order chi connectivity index (χ1) is 12.0. The van der Waals surface area contributed by atoms with Gasteiger partial charge in [-0.25, -0.2) is 4.39 Å². The van der Waals surface area contributed by atoms with Gasteiger partial charge in [-0.15, -0.1) is 0 Å². The predicted molar refractivity (Wildman–Crippen MR) is 93.1 cm³/mol. The number of fused-ring (bicyclic) bond motifs is 1. The minimum absolute atomic E-state index is 0.0903. The Morgan fingerprint density at radius 2 is 2.00 bits per heavy atom. The van der Waals surface area contributed by atoms with Gasteiger partial charge in [0.1, 0.15) is 11.6 Å². The Kier molecular flexibility index (Phi) is 4.52. The molecule has 5 nitrogen and oxygen atoms in total. The average molecular weight is 340 g/mol. The molecule has 0 saturated carbocycles. The summed E-state index contributed by atoms with van der Waals surface area (Å²) in [6.45, 7) is 1.88. The number of H-pyrrole nitrogens is 1. The maximum Gasteiger partial charge on any atom is 0.252 e. The molecule has 0 aliphatic heterocycles. The van der Waals surface area contributed by atoms with E-state index in [1.807, 2.05) is 6.92 Å². The zero-order valence-corrected chi connectivity index (χ0v) is 13.5. The molecule has 0 fully saturated rings. The van der Waals surface area contributed by atoms with Gasteiger partial charge in [0.2, 0.25) is 5.56 Å². The molecule has 1 atom stereocenters. The molecular formula is C19H17FN2O3. The molecule has 0 radical (unpaired) electrons. The summed E-state index contributed by atoms with van der Waals surface area (Å²) >= 11 is 0. The van der Waals surface area contributed by atoms with Crippen molar-refractivity contribution in [3.05, 3.63) is 75.8 Å². The van der Waals surface area contributed by atoms with Gasteiger partial charge in [0.05, 0.1) is 17.1 Å². The Hall–Kier alpha value is -3.15. The monoisotopic (exact) mass is 340 g/mol. The first-order valence-corrected chi connectivity index (χ1v) is 7.91. The predicted octanol–water partition coefficient (Wildman–Crippen LogP) is 3.25. The molecule has 1 unspecified atom stereocenters. The Balaban J connectivity index is 1.99. The Labute approximate surface area is 143 Å². The van der Waals surface area contributed by atoms with Crippen molar-refractivity contribution >= 4 is 16.8 Å². The van der Waals surface area contributed by atoms with Crippen LogP contribution in [0.5, 0.6) is 5.75 Å². The Bertz CT molecular complexity index is 997. The molecule has 6 heteroatoms. The van der Waals surface area contributed by atoms with E-state index in [4.69, 9.17) is 0 Å². The minimum Gasteiger partial charge on any atom is -0.508 e. The van der Waals surface area contributed by atoms with Crippen molar-refractivity contribution in [3.8, 4) is 5.75 Å². The number of benzene rings is 2. The van der Waals surface area contributed by atoms with E-state index >= 15 is 0 Å². The zero-order chi connectivity index (χ0) is 18.0. The molecular weight excluding hydrogens is 323 g/mol. The summed E-state index contributed by atoms with van der Waals surface area (Å²) in [5.41, 5.74) is 0.526. The first kappa shape index (κ1) is 16.7. The maximum atomic E-state index is 13.4. The molecule has 3 aromatic rings. The van der Waals surface area contributed by atoms with Crippen LogP contribution in [0.15, 0.2) is 53.3 Å². The van der Waals surface area contributed by atoms with Crippen molar-refractivity contribution < 1.29 is 14.3 Å². The van der Waals surface area contributed by atoms with E-state index in [0.29, 0.717) is 17.4 Å². The number of carbonyl (C=O) groups excluding carboxylic acids is 1. The summed E-state index contributed by atoms with van der Waals surface area (Å²) in [5.74, 6) is -0.869. The van der Waals surface area contributed by atoms with Crippen LogP contribution in [0.2, 0.25) is 0 Å². The number of hydrogen-bond acceptors (Lipinski definition) is 3. The number of halogens is 1. The lowest BCUT2D eigenvalue weighted by Crippen LogP contribution is -2.29. The number of aromatic hydroxyl groups is 1. The average Bonchev–Trinajstić information content (AvgIpc) is 2.59.